The van der Waals surface area contributed by atoms with Crippen LogP contribution in [0.1, 0.15) is 64.7 Å². The van der Waals surface area contributed by atoms with Crippen molar-refractivity contribution in [2.24, 2.45) is 4.99 Å². The van der Waals surface area contributed by atoms with Gasteiger partial charge < -0.3 is 10.3 Å². The van der Waals surface area contributed by atoms with Crippen molar-refractivity contribution in [1.29, 1.82) is 0 Å². The minimum absolute atomic E-state index is 0.0572. The van der Waals surface area contributed by atoms with Gasteiger partial charge in [0.2, 0.25) is 5.84 Å². The van der Waals surface area contributed by atoms with Gasteiger partial charge >= 0.3 is 6.09 Å². The highest BCUT2D eigenvalue weighted by Gasteiger charge is 2.37. The molecule has 110 valence electrons. The zero-order valence-corrected chi connectivity index (χ0v) is 11.9. The quantitative estimate of drug-likeness (QED) is 0.392. The number of nitrogens with zero attached hydrogens (tertiary/aromatic N) is 2. The van der Waals surface area contributed by atoms with Gasteiger partial charge in [0.05, 0.1) is 6.54 Å². The summed E-state index contributed by atoms with van der Waals surface area (Å²) < 4.78 is -1.24. The molecule has 5 heteroatoms. The number of amidine groups is 1. The minimum atomic E-state index is -1.32. The van der Waals surface area contributed by atoms with E-state index in [0.717, 1.165) is 12.8 Å². The van der Waals surface area contributed by atoms with Crippen LogP contribution in [0.4, 0.5) is 4.79 Å². The molecule has 0 saturated carbocycles. The van der Waals surface area contributed by atoms with Crippen molar-refractivity contribution < 1.29 is 14.5 Å². The number of aliphatic imine (C=N–C) groups is 1. The first-order chi connectivity index (χ1) is 9.11. The van der Waals surface area contributed by atoms with Crippen LogP contribution in [0.2, 0.25) is 0 Å². The third-order valence-electron chi connectivity index (χ3n) is 3.69. The van der Waals surface area contributed by atoms with Gasteiger partial charge in [-0.05, 0) is 6.42 Å². The highest BCUT2D eigenvalue weighted by Crippen LogP contribution is 2.19. The molecule has 0 fully saturated rings. The Morgan fingerprint density at radius 3 is 2.37 bits per heavy atom. The Morgan fingerprint density at radius 2 is 1.79 bits per heavy atom. The molecule has 0 aromatic rings. The summed E-state index contributed by atoms with van der Waals surface area (Å²) in [5.41, 5.74) is 0. The Hall–Kier alpha value is -0.940. The van der Waals surface area contributed by atoms with Crippen molar-refractivity contribution >= 4 is 11.9 Å². The highest BCUT2D eigenvalue weighted by atomic mass is 16.6. The predicted octanol–water partition coefficient (Wildman–Crippen LogP) is 3.92. The highest BCUT2D eigenvalue weighted by molar-refractivity contribution is 5.85. The molecule has 0 bridgehead atoms. The molecule has 0 aliphatic carbocycles. The van der Waals surface area contributed by atoms with Gasteiger partial charge in [-0.3, -0.25) is 0 Å². The first-order valence-corrected chi connectivity index (χ1v) is 7.47. The lowest BCUT2D eigenvalue weighted by Gasteiger charge is -2.31. The Morgan fingerprint density at radius 1 is 1.21 bits per heavy atom. The molecular formula is C14H26N2O3. The molecule has 1 heterocycles. The number of unbranched alkanes of at least 4 members (excludes halogenated alkanes) is 7. The maximum Gasteiger partial charge on any atom is 0.519 e. The fourth-order valence-corrected chi connectivity index (χ4v) is 2.45. The number of carbonyl (C=O) groups is 1. The molecule has 0 radical (unpaired) electrons. The second-order valence-electron chi connectivity index (χ2n) is 5.27. The van der Waals surface area contributed by atoms with Crippen molar-refractivity contribution in [2.45, 2.75) is 64.7 Å². The molecule has 1 unspecified atom stereocenters. The number of hydrogen-bond acceptors (Lipinski definition) is 3. The normalized spacial score (nSPS) is 22.5. The summed E-state index contributed by atoms with van der Waals surface area (Å²) in [5, 5.41) is 20.9. The first kappa shape index (κ1) is 16.1. The van der Waals surface area contributed by atoms with Crippen LogP contribution in [0.5, 0.6) is 0 Å². The predicted molar refractivity (Wildman–Crippen MR) is 76.0 cm³/mol. The number of carboxylic acid groups (broad SMARTS) is 1. The van der Waals surface area contributed by atoms with Crippen molar-refractivity contribution in [2.75, 3.05) is 13.1 Å². The van der Waals surface area contributed by atoms with Crippen LogP contribution in [-0.2, 0) is 0 Å². The number of hydroxylamine groups is 3. The third-order valence-corrected chi connectivity index (χ3v) is 3.69. The summed E-state index contributed by atoms with van der Waals surface area (Å²) in [6, 6.07) is 0. The fourth-order valence-electron chi connectivity index (χ4n) is 2.45. The Bertz CT molecular complexity index is 318. The topological polar surface area (TPSA) is 72.7 Å². The molecule has 1 rings (SSSR count). The van der Waals surface area contributed by atoms with Crippen molar-refractivity contribution in [3.63, 3.8) is 0 Å². The SMILES string of the molecule is CCCCCCCCCCC1=NCC[N+]1([O-])C(=O)O. The van der Waals surface area contributed by atoms with E-state index in [1.165, 1.54) is 38.5 Å². The molecule has 1 N–H and O–H groups in total. The number of hydrogen-bond donors (Lipinski definition) is 1. The van der Waals surface area contributed by atoms with Crippen LogP contribution in [0.3, 0.4) is 0 Å². The number of rotatable bonds is 9. The van der Waals surface area contributed by atoms with Gasteiger partial charge in [-0.1, -0.05) is 51.9 Å². The van der Waals surface area contributed by atoms with Gasteiger partial charge in [-0.25, -0.2) is 9.64 Å². The van der Waals surface area contributed by atoms with E-state index >= 15 is 0 Å². The van der Waals surface area contributed by atoms with E-state index in [4.69, 9.17) is 5.11 Å². The van der Waals surface area contributed by atoms with Crippen molar-refractivity contribution in [1.82, 2.24) is 0 Å². The van der Waals surface area contributed by atoms with Crippen LogP contribution in [-0.4, -0.2) is 34.8 Å². The van der Waals surface area contributed by atoms with Crippen LogP contribution >= 0.6 is 0 Å². The lowest BCUT2D eigenvalue weighted by molar-refractivity contribution is -0.704. The third kappa shape index (κ3) is 4.91. The lowest BCUT2D eigenvalue weighted by Crippen LogP contribution is -2.49. The standard InChI is InChI=1S/C14H26N2O3/c1-2-3-4-5-6-7-8-9-10-13-15-11-12-16(13,19)14(17)18/h2-12H2,1H3,(H,17,18). The van der Waals surface area contributed by atoms with Gasteiger partial charge in [0.25, 0.3) is 0 Å². The molecule has 1 atom stereocenters. The summed E-state index contributed by atoms with van der Waals surface area (Å²) in [6.45, 7) is 2.61. The lowest BCUT2D eigenvalue weighted by atomic mass is 10.1. The van der Waals surface area contributed by atoms with Gasteiger partial charge in [0.1, 0.15) is 6.54 Å². The van der Waals surface area contributed by atoms with Gasteiger partial charge in [-0.15, -0.1) is 0 Å². The maximum absolute atomic E-state index is 12.0. The Kier molecular flexibility index (Phi) is 7.02. The van der Waals surface area contributed by atoms with Crippen LogP contribution in [0, 0.1) is 5.21 Å². The smallest absolute Gasteiger partial charge is 0.519 e. The van der Waals surface area contributed by atoms with E-state index < -0.39 is 10.7 Å². The summed E-state index contributed by atoms with van der Waals surface area (Å²) in [6.07, 6.45) is 8.72. The molecule has 0 saturated heterocycles. The van der Waals surface area contributed by atoms with E-state index in [2.05, 4.69) is 11.9 Å². The average Bonchev–Trinajstić information content (AvgIpc) is 2.76. The summed E-state index contributed by atoms with van der Waals surface area (Å²) in [5.74, 6) is 0.304. The van der Waals surface area contributed by atoms with Crippen LogP contribution in [0.25, 0.3) is 0 Å². The first-order valence-electron chi connectivity index (χ1n) is 7.47. The van der Waals surface area contributed by atoms with E-state index in [-0.39, 0.29) is 6.54 Å². The molecule has 1 aliphatic rings. The largest absolute Gasteiger partial charge is 0.616 e. The van der Waals surface area contributed by atoms with Crippen LogP contribution < -0.4 is 0 Å². The molecule has 19 heavy (non-hydrogen) atoms. The van der Waals surface area contributed by atoms with Crippen LogP contribution in [0.15, 0.2) is 4.99 Å². The van der Waals surface area contributed by atoms with Crippen molar-refractivity contribution in [3.05, 3.63) is 5.21 Å². The fraction of sp³-hybridized carbons (Fsp3) is 0.857. The minimum Gasteiger partial charge on any atom is -0.616 e. The number of amides is 1. The number of quaternary nitrogens is 1. The monoisotopic (exact) mass is 270 g/mol. The van der Waals surface area contributed by atoms with E-state index in [1.807, 2.05) is 0 Å². The van der Waals surface area contributed by atoms with E-state index in [9.17, 15) is 10.0 Å². The molecule has 0 aromatic heterocycles. The van der Waals surface area contributed by atoms with Gasteiger partial charge in [-0.2, -0.15) is 4.79 Å². The second kappa shape index (κ2) is 8.27. The summed E-state index contributed by atoms with van der Waals surface area (Å²) >= 11 is 0. The van der Waals surface area contributed by atoms with E-state index in [1.54, 1.807) is 0 Å². The molecule has 0 aromatic carbocycles. The molecular weight excluding hydrogens is 244 g/mol. The zero-order chi connectivity index (χ0) is 14.1. The Balaban J connectivity index is 2.11. The molecule has 0 spiro atoms. The molecule has 5 nitrogen and oxygen atoms in total. The average molecular weight is 270 g/mol. The molecule has 1 amide bonds. The zero-order valence-electron chi connectivity index (χ0n) is 11.9. The van der Waals surface area contributed by atoms with Crippen molar-refractivity contribution in [3.8, 4) is 0 Å². The molecule has 1 aliphatic heterocycles. The summed E-state index contributed by atoms with van der Waals surface area (Å²) in [7, 11) is 0. The van der Waals surface area contributed by atoms with Gasteiger partial charge in [0.15, 0.2) is 0 Å². The summed E-state index contributed by atoms with van der Waals surface area (Å²) in [4.78, 5) is 15.0. The Labute approximate surface area is 115 Å². The van der Waals surface area contributed by atoms with E-state index in [0.29, 0.717) is 18.8 Å². The van der Waals surface area contributed by atoms with Gasteiger partial charge in [0, 0.05) is 6.42 Å². The maximum atomic E-state index is 12.0. The second-order valence-corrected chi connectivity index (χ2v) is 5.27.